The van der Waals surface area contributed by atoms with E-state index in [4.69, 9.17) is 23.4 Å². The molecule has 4 aliphatic rings. The molecule has 2 saturated heterocycles. The molecule has 0 spiro atoms. The maximum atomic E-state index is 12.6. The van der Waals surface area contributed by atoms with Crippen LogP contribution in [0, 0.1) is 0 Å². The van der Waals surface area contributed by atoms with Crippen LogP contribution in [-0.2, 0) is 9.47 Å². The van der Waals surface area contributed by atoms with Gasteiger partial charge in [-0.2, -0.15) is 0 Å². The third-order valence-corrected chi connectivity index (χ3v) is 7.10. The molecule has 1 aromatic carbocycles. The van der Waals surface area contributed by atoms with Gasteiger partial charge >= 0.3 is 0 Å². The Kier molecular flexibility index (Phi) is 8.68. The number of fused-ring (bicyclic) bond motifs is 1. The van der Waals surface area contributed by atoms with E-state index in [0.717, 1.165) is 12.1 Å². The van der Waals surface area contributed by atoms with Gasteiger partial charge in [0, 0.05) is 17.7 Å². The van der Waals surface area contributed by atoms with Crippen LogP contribution < -0.4 is 14.9 Å². The van der Waals surface area contributed by atoms with Gasteiger partial charge in [0.05, 0.1) is 18.8 Å². The summed E-state index contributed by atoms with van der Waals surface area (Å²) in [6.07, 6.45) is -16.2. The highest BCUT2D eigenvalue weighted by Gasteiger charge is 2.46. The molecular formula is C27H30O15. The Morgan fingerprint density at radius 2 is 1.19 bits per heavy atom. The van der Waals surface area contributed by atoms with Gasteiger partial charge in [-0.25, -0.2) is 0 Å². The van der Waals surface area contributed by atoms with Crippen molar-refractivity contribution in [2.75, 3.05) is 13.2 Å². The van der Waals surface area contributed by atoms with E-state index in [1.165, 1.54) is 30.3 Å². The molecule has 42 heavy (non-hydrogen) atoms. The molecule has 2 fully saturated rings. The number of rotatable bonds is 7. The summed E-state index contributed by atoms with van der Waals surface area (Å²) in [5.41, 5.74) is -0.194. The number of aromatic hydroxyl groups is 1. The Morgan fingerprint density at radius 1 is 0.667 bits per heavy atom. The fourth-order valence-corrected chi connectivity index (χ4v) is 4.74. The van der Waals surface area contributed by atoms with E-state index in [1.54, 1.807) is 0 Å². The smallest absolute Gasteiger partial charge is 0.229 e. The van der Waals surface area contributed by atoms with Gasteiger partial charge in [-0.15, -0.1) is 0 Å². The normalized spacial score (nSPS) is 33.4. The van der Waals surface area contributed by atoms with E-state index in [9.17, 15) is 50.8 Å². The molecule has 15 heteroatoms. The monoisotopic (exact) mass is 594 g/mol. The van der Waals surface area contributed by atoms with Gasteiger partial charge in [0.15, 0.2) is 16.9 Å². The number of aliphatic hydroxyl groups excluding tert-OH is 8. The third kappa shape index (κ3) is 5.67. The first kappa shape index (κ1) is 30.1. The molecule has 10 atom stereocenters. The molecule has 0 saturated carbocycles. The first-order valence-corrected chi connectivity index (χ1v) is 12.9. The zero-order valence-electron chi connectivity index (χ0n) is 21.7. The van der Waals surface area contributed by atoms with Gasteiger partial charge in [0.1, 0.15) is 66.1 Å². The maximum Gasteiger partial charge on any atom is 0.229 e. The highest BCUT2D eigenvalue weighted by molar-refractivity contribution is 5.75. The molecule has 3 heterocycles. The lowest BCUT2D eigenvalue weighted by atomic mass is 9.99. The molecule has 1 aliphatic carbocycles. The maximum absolute atomic E-state index is 12.6. The summed E-state index contributed by atoms with van der Waals surface area (Å²) in [4.78, 5) is 12.6. The second-order valence-electron chi connectivity index (χ2n) is 9.95. The number of phenols is 1. The van der Waals surface area contributed by atoms with Gasteiger partial charge in [0.25, 0.3) is 0 Å². The van der Waals surface area contributed by atoms with Crippen LogP contribution in [0.25, 0.3) is 22.6 Å². The molecule has 0 aromatic heterocycles. The van der Waals surface area contributed by atoms with Crippen molar-refractivity contribution in [2.45, 2.75) is 61.4 Å². The summed E-state index contributed by atoms with van der Waals surface area (Å²) in [6.45, 7) is -1.42. The largest absolute Gasteiger partial charge is 0.508 e. The molecule has 15 nitrogen and oxygen atoms in total. The average Bonchev–Trinajstić information content (AvgIpc) is 2.98. The molecule has 0 amide bonds. The Hall–Kier alpha value is -3.35. The van der Waals surface area contributed by atoms with Gasteiger partial charge in [-0.05, 0) is 30.3 Å². The SMILES string of the molecule is O=c1cc2oc(-c3ccc(O)cc3)c(O[C@@H]3O[C@H](CO)[C@@H](O)[C@H](O)[C@H]3O)cc-2c(O[C@@H]2O[C@H](CO)[C@@H](O)[C@H](O)[C@H]2O)c1. The lowest BCUT2D eigenvalue weighted by Crippen LogP contribution is -2.60. The molecule has 3 aliphatic heterocycles. The van der Waals surface area contributed by atoms with Gasteiger partial charge < -0.3 is 69.3 Å². The predicted molar refractivity (Wildman–Crippen MR) is 137 cm³/mol. The van der Waals surface area contributed by atoms with Crippen molar-refractivity contribution in [1.82, 2.24) is 0 Å². The quantitative estimate of drug-likeness (QED) is 0.137. The summed E-state index contributed by atoms with van der Waals surface area (Å²) in [5.74, 6) is -0.500. The minimum absolute atomic E-state index is 0.0242. The van der Waals surface area contributed by atoms with E-state index < -0.39 is 80.1 Å². The van der Waals surface area contributed by atoms with Crippen LogP contribution in [0.15, 0.2) is 51.7 Å². The van der Waals surface area contributed by atoms with Gasteiger partial charge in [-0.1, -0.05) is 0 Å². The summed E-state index contributed by atoms with van der Waals surface area (Å²) >= 11 is 0. The fourth-order valence-electron chi connectivity index (χ4n) is 4.74. The second kappa shape index (κ2) is 12.1. The lowest BCUT2D eigenvalue weighted by molar-refractivity contribution is -0.277. The lowest BCUT2D eigenvalue weighted by Gasteiger charge is -2.40. The first-order chi connectivity index (χ1) is 20.0. The van der Waals surface area contributed by atoms with Crippen molar-refractivity contribution in [3.8, 4) is 39.9 Å². The molecule has 5 rings (SSSR count). The summed E-state index contributed by atoms with van der Waals surface area (Å²) < 4.78 is 28.4. The standard InChI is InChI=1S/C27H30O15/c28-8-17-19(32)21(34)23(36)26(41-17)39-15-6-12(31)5-14-13(15)7-16(25(38-14)10-1-3-11(30)4-2-10)40-27-24(37)22(35)20(33)18(9-29)42-27/h1-7,17-24,26-30,32-37H,8-9H2/t17-,18-,19-,20-,21+,22+,23-,24-,26-,27-/m1/s1. The Morgan fingerprint density at radius 3 is 1.71 bits per heavy atom. The van der Waals surface area contributed by atoms with Gasteiger partial charge in [0.2, 0.25) is 12.6 Å². The molecule has 0 bridgehead atoms. The van der Waals surface area contributed by atoms with Crippen LogP contribution in [0.5, 0.6) is 17.2 Å². The highest BCUT2D eigenvalue weighted by Crippen LogP contribution is 2.43. The van der Waals surface area contributed by atoms with E-state index in [-0.39, 0.29) is 34.3 Å². The number of hydrogen-bond donors (Lipinski definition) is 9. The number of benzene rings is 2. The summed E-state index contributed by atoms with van der Waals surface area (Å²) in [5, 5.41) is 90.4. The Balaban J connectivity index is 1.59. The van der Waals surface area contributed by atoms with Crippen molar-refractivity contribution in [3.63, 3.8) is 0 Å². The second-order valence-corrected chi connectivity index (χ2v) is 9.95. The number of aliphatic hydroxyl groups is 8. The zero-order chi connectivity index (χ0) is 30.3. The fraction of sp³-hybridized carbons (Fsp3) is 0.444. The zero-order valence-corrected chi connectivity index (χ0v) is 21.7. The van der Waals surface area contributed by atoms with Crippen LogP contribution in [0.2, 0.25) is 0 Å². The third-order valence-electron chi connectivity index (χ3n) is 7.10. The minimum Gasteiger partial charge on any atom is -0.508 e. The van der Waals surface area contributed by atoms with Crippen molar-refractivity contribution in [1.29, 1.82) is 0 Å². The van der Waals surface area contributed by atoms with E-state index in [1.807, 2.05) is 0 Å². The average molecular weight is 595 g/mol. The number of phenolic OH excluding ortho intramolecular Hbond substituents is 1. The van der Waals surface area contributed by atoms with Crippen LogP contribution in [0.1, 0.15) is 0 Å². The topological polar surface area (TPSA) is 249 Å². The van der Waals surface area contributed by atoms with Crippen molar-refractivity contribution < 1.29 is 69.3 Å². The van der Waals surface area contributed by atoms with E-state index >= 15 is 0 Å². The van der Waals surface area contributed by atoms with Crippen molar-refractivity contribution >= 4 is 0 Å². The molecule has 9 N–H and O–H groups in total. The van der Waals surface area contributed by atoms with Crippen LogP contribution >= 0.6 is 0 Å². The predicted octanol–water partition coefficient (Wildman–Crippen LogP) is -2.53. The molecular weight excluding hydrogens is 564 g/mol. The Labute approximate surface area is 236 Å². The van der Waals surface area contributed by atoms with Crippen molar-refractivity contribution in [2.24, 2.45) is 0 Å². The van der Waals surface area contributed by atoms with E-state index in [2.05, 4.69) is 0 Å². The van der Waals surface area contributed by atoms with E-state index in [0.29, 0.717) is 5.56 Å². The van der Waals surface area contributed by atoms with Crippen molar-refractivity contribution in [3.05, 3.63) is 52.7 Å². The Bertz CT molecular complexity index is 1390. The minimum atomic E-state index is -1.79. The molecule has 228 valence electrons. The summed E-state index contributed by atoms with van der Waals surface area (Å²) in [7, 11) is 0. The molecule has 1 aromatic rings. The first-order valence-electron chi connectivity index (χ1n) is 12.9. The highest BCUT2D eigenvalue weighted by atomic mass is 16.7. The molecule has 0 radical (unpaired) electrons. The number of hydrogen-bond acceptors (Lipinski definition) is 15. The van der Waals surface area contributed by atoms with Crippen LogP contribution in [0.4, 0.5) is 0 Å². The molecule has 0 unspecified atom stereocenters. The summed E-state index contributed by atoms with van der Waals surface area (Å²) in [6, 6.07) is 9.10. The van der Waals surface area contributed by atoms with Gasteiger partial charge in [-0.3, -0.25) is 4.79 Å². The number of ether oxygens (including phenoxy) is 4. The van der Waals surface area contributed by atoms with Crippen LogP contribution in [0.3, 0.4) is 0 Å². The van der Waals surface area contributed by atoms with Crippen LogP contribution in [-0.4, -0.2) is 121 Å².